The fourth-order valence-electron chi connectivity index (χ4n) is 3.92. The zero-order chi connectivity index (χ0) is 11.0. The van der Waals surface area contributed by atoms with E-state index in [4.69, 9.17) is 4.74 Å². The van der Waals surface area contributed by atoms with Crippen LogP contribution in [0.2, 0.25) is 0 Å². The van der Waals surface area contributed by atoms with Crippen LogP contribution in [0.5, 0.6) is 0 Å². The lowest BCUT2D eigenvalue weighted by molar-refractivity contribution is 0.182. The van der Waals surface area contributed by atoms with Gasteiger partial charge in [-0.15, -0.1) is 0 Å². The molecule has 0 bridgehead atoms. The summed E-state index contributed by atoms with van der Waals surface area (Å²) in [5, 5.41) is 0. The van der Waals surface area contributed by atoms with Crippen LogP contribution < -0.4 is 0 Å². The van der Waals surface area contributed by atoms with Crippen molar-refractivity contribution in [2.24, 2.45) is 16.7 Å². The van der Waals surface area contributed by atoms with Gasteiger partial charge in [0.05, 0.1) is 12.2 Å². The second kappa shape index (κ2) is 2.51. The van der Waals surface area contributed by atoms with Gasteiger partial charge in [-0.25, -0.2) is 0 Å². The fraction of sp³-hybridized carbons (Fsp3) is 0.857. The maximum atomic E-state index is 5.69. The van der Waals surface area contributed by atoms with Crippen molar-refractivity contribution in [3.8, 4) is 0 Å². The molecule has 84 valence electrons. The lowest BCUT2D eigenvalue weighted by Crippen LogP contribution is -2.28. The third-order valence-corrected chi connectivity index (χ3v) is 5.58. The van der Waals surface area contributed by atoms with Gasteiger partial charge in [-0.2, -0.15) is 0 Å². The molecule has 1 aliphatic heterocycles. The molecule has 2 aliphatic carbocycles. The summed E-state index contributed by atoms with van der Waals surface area (Å²) in [6.45, 7) is 12.1. The van der Waals surface area contributed by atoms with Gasteiger partial charge in [0.2, 0.25) is 0 Å². The Morgan fingerprint density at radius 3 is 1.73 bits per heavy atom. The second-order valence-corrected chi connectivity index (χ2v) is 6.74. The first kappa shape index (κ1) is 9.89. The first-order valence-electron chi connectivity index (χ1n) is 6.23. The van der Waals surface area contributed by atoms with Gasteiger partial charge in [0, 0.05) is 0 Å². The third kappa shape index (κ3) is 1.08. The first-order chi connectivity index (χ1) is 6.85. The molecule has 0 aromatic carbocycles. The van der Waals surface area contributed by atoms with E-state index in [9.17, 15) is 0 Å². The fourth-order valence-corrected chi connectivity index (χ4v) is 3.92. The molecule has 1 fully saturated rings. The van der Waals surface area contributed by atoms with Gasteiger partial charge in [0.15, 0.2) is 0 Å². The summed E-state index contributed by atoms with van der Waals surface area (Å²) in [7, 11) is 0. The van der Waals surface area contributed by atoms with E-state index < -0.39 is 0 Å². The molecular weight excluding hydrogens is 184 g/mol. The Morgan fingerprint density at radius 2 is 1.33 bits per heavy atom. The maximum Gasteiger partial charge on any atom is 0.0882 e. The van der Waals surface area contributed by atoms with Crippen molar-refractivity contribution in [2.45, 2.75) is 59.7 Å². The molecular formula is C14H22O. The molecule has 0 N–H and O–H groups in total. The molecule has 15 heavy (non-hydrogen) atoms. The predicted molar refractivity (Wildman–Crippen MR) is 61.6 cm³/mol. The molecule has 1 heteroatoms. The van der Waals surface area contributed by atoms with Crippen molar-refractivity contribution in [3.05, 3.63) is 11.1 Å². The van der Waals surface area contributed by atoms with Gasteiger partial charge in [0.25, 0.3) is 0 Å². The average molecular weight is 206 g/mol. The van der Waals surface area contributed by atoms with E-state index in [1.165, 1.54) is 12.8 Å². The zero-order valence-electron chi connectivity index (χ0n) is 10.6. The molecule has 0 radical (unpaired) electrons. The molecule has 0 aromatic heterocycles. The van der Waals surface area contributed by atoms with Crippen molar-refractivity contribution < 1.29 is 4.74 Å². The Hall–Kier alpha value is -0.300. The molecule has 0 unspecified atom stereocenters. The summed E-state index contributed by atoms with van der Waals surface area (Å²) in [4.78, 5) is 0. The second-order valence-electron chi connectivity index (χ2n) is 6.74. The van der Waals surface area contributed by atoms with Crippen LogP contribution in [0.15, 0.2) is 11.1 Å². The minimum Gasteiger partial charge on any atom is -0.369 e. The number of rotatable bonds is 0. The molecule has 3 rings (SSSR count). The standard InChI is InChI=1S/C14H22O/c1-8-13(2,3)9-6-11-12(15-11)7-10(9)14(8,4)5/h8,11-12H,6-7H2,1-5H3/t11-,12-/m1/s1. The highest BCUT2D eigenvalue weighted by molar-refractivity contribution is 5.39. The van der Waals surface area contributed by atoms with Crippen LogP contribution in [0, 0.1) is 16.7 Å². The average Bonchev–Trinajstić information content (AvgIpc) is 2.89. The van der Waals surface area contributed by atoms with E-state index in [0.717, 1.165) is 5.92 Å². The van der Waals surface area contributed by atoms with Gasteiger partial charge >= 0.3 is 0 Å². The Morgan fingerprint density at radius 1 is 0.933 bits per heavy atom. The van der Waals surface area contributed by atoms with Crippen LogP contribution in [0.25, 0.3) is 0 Å². The Balaban J connectivity index is 2.08. The van der Waals surface area contributed by atoms with Crippen molar-refractivity contribution in [1.29, 1.82) is 0 Å². The van der Waals surface area contributed by atoms with Crippen molar-refractivity contribution in [1.82, 2.24) is 0 Å². The minimum atomic E-state index is 0.385. The molecule has 0 spiro atoms. The van der Waals surface area contributed by atoms with Crippen molar-refractivity contribution in [2.75, 3.05) is 0 Å². The van der Waals surface area contributed by atoms with Crippen LogP contribution in [0.1, 0.15) is 47.5 Å². The Kier molecular flexibility index (Phi) is 1.65. The van der Waals surface area contributed by atoms with Crippen molar-refractivity contribution in [3.63, 3.8) is 0 Å². The smallest absolute Gasteiger partial charge is 0.0882 e. The summed E-state index contributed by atoms with van der Waals surface area (Å²) < 4.78 is 5.69. The summed E-state index contributed by atoms with van der Waals surface area (Å²) in [6, 6.07) is 0. The number of epoxide rings is 1. The van der Waals surface area contributed by atoms with Crippen LogP contribution in [0.3, 0.4) is 0 Å². The Bertz CT molecular complexity index is 316. The SMILES string of the molecule is CC1C(C)(C)C2=C(C[C@H]3O[C@@H]3C2)C1(C)C. The molecule has 1 saturated heterocycles. The van der Waals surface area contributed by atoms with Crippen LogP contribution in [-0.2, 0) is 4.74 Å². The highest BCUT2D eigenvalue weighted by atomic mass is 16.6. The highest BCUT2D eigenvalue weighted by Gasteiger charge is 2.56. The molecule has 3 aliphatic rings. The van der Waals surface area contributed by atoms with Gasteiger partial charge < -0.3 is 4.74 Å². The molecule has 1 heterocycles. The molecule has 0 aromatic rings. The van der Waals surface area contributed by atoms with Crippen LogP contribution in [0.4, 0.5) is 0 Å². The number of hydrogen-bond donors (Lipinski definition) is 0. The number of fused-ring (bicyclic) bond motifs is 1. The first-order valence-corrected chi connectivity index (χ1v) is 6.23. The maximum absolute atomic E-state index is 5.69. The van der Waals surface area contributed by atoms with Gasteiger partial charge in [-0.3, -0.25) is 0 Å². The largest absolute Gasteiger partial charge is 0.369 e. The number of ether oxygens (including phenoxy) is 1. The summed E-state index contributed by atoms with van der Waals surface area (Å²) in [6.07, 6.45) is 3.56. The van der Waals surface area contributed by atoms with Gasteiger partial charge in [0.1, 0.15) is 0 Å². The lowest BCUT2D eigenvalue weighted by atomic mass is 9.69. The highest BCUT2D eigenvalue weighted by Crippen LogP contribution is 2.63. The quantitative estimate of drug-likeness (QED) is 0.436. The summed E-state index contributed by atoms with van der Waals surface area (Å²) >= 11 is 0. The van der Waals surface area contributed by atoms with E-state index in [0.29, 0.717) is 23.0 Å². The molecule has 2 atom stereocenters. The summed E-state index contributed by atoms with van der Waals surface area (Å²) in [5.41, 5.74) is 4.21. The van der Waals surface area contributed by atoms with E-state index in [2.05, 4.69) is 34.6 Å². The molecule has 1 nitrogen and oxygen atoms in total. The van der Waals surface area contributed by atoms with Gasteiger partial charge in [-0.05, 0) is 29.6 Å². The topological polar surface area (TPSA) is 12.5 Å². The van der Waals surface area contributed by atoms with E-state index >= 15 is 0 Å². The minimum absolute atomic E-state index is 0.385. The van der Waals surface area contributed by atoms with Gasteiger partial charge in [-0.1, -0.05) is 45.8 Å². The molecule has 0 amide bonds. The van der Waals surface area contributed by atoms with E-state index in [-0.39, 0.29) is 0 Å². The zero-order valence-corrected chi connectivity index (χ0v) is 10.6. The normalized spacial score (nSPS) is 41.4. The van der Waals surface area contributed by atoms with Crippen molar-refractivity contribution >= 4 is 0 Å². The third-order valence-electron chi connectivity index (χ3n) is 5.58. The lowest BCUT2D eigenvalue weighted by Gasteiger charge is -2.35. The molecule has 0 saturated carbocycles. The van der Waals surface area contributed by atoms with Crippen LogP contribution in [-0.4, -0.2) is 12.2 Å². The Labute approximate surface area is 92.9 Å². The monoisotopic (exact) mass is 206 g/mol. The predicted octanol–water partition coefficient (Wildman–Crippen LogP) is 3.55. The van der Waals surface area contributed by atoms with E-state index in [1.54, 1.807) is 11.1 Å². The summed E-state index contributed by atoms with van der Waals surface area (Å²) in [5.74, 6) is 0.757. The van der Waals surface area contributed by atoms with E-state index in [1.807, 2.05) is 0 Å². The number of hydrogen-bond acceptors (Lipinski definition) is 1. The van der Waals surface area contributed by atoms with Crippen LogP contribution >= 0.6 is 0 Å².